The van der Waals surface area contributed by atoms with Gasteiger partial charge in [-0.3, -0.25) is 9.36 Å². The first kappa shape index (κ1) is 19.3. The van der Waals surface area contributed by atoms with Crippen LogP contribution >= 0.6 is 11.3 Å². The number of carbonyl (C=O) groups is 1. The summed E-state index contributed by atoms with van der Waals surface area (Å²) in [5.41, 5.74) is 8.32. The van der Waals surface area contributed by atoms with E-state index in [1.807, 2.05) is 30.3 Å². The van der Waals surface area contributed by atoms with Crippen molar-refractivity contribution in [3.8, 4) is 10.4 Å². The molecule has 4 N–H and O–H groups in total. The van der Waals surface area contributed by atoms with Crippen molar-refractivity contribution in [1.82, 2.24) is 20.1 Å². The predicted octanol–water partition coefficient (Wildman–Crippen LogP) is 2.38. The van der Waals surface area contributed by atoms with Crippen LogP contribution in [0.4, 0.5) is 4.39 Å². The van der Waals surface area contributed by atoms with Crippen LogP contribution in [0.2, 0.25) is 0 Å². The summed E-state index contributed by atoms with van der Waals surface area (Å²) in [6, 6.07) is 9.31. The minimum Gasteiger partial charge on any atom is -0.352 e. The summed E-state index contributed by atoms with van der Waals surface area (Å²) in [4.78, 5) is 26.1. The van der Waals surface area contributed by atoms with E-state index in [4.69, 9.17) is 5.73 Å². The van der Waals surface area contributed by atoms with E-state index in [-0.39, 0.29) is 24.6 Å². The lowest BCUT2D eigenvalue weighted by molar-refractivity contribution is 0.0946. The molecule has 0 bridgehead atoms. The lowest BCUT2D eigenvalue weighted by atomic mass is 9.97. The van der Waals surface area contributed by atoms with Crippen LogP contribution in [-0.4, -0.2) is 33.8 Å². The van der Waals surface area contributed by atoms with Crippen LogP contribution in [0.25, 0.3) is 10.4 Å². The monoisotopic (exact) mass is 413 g/mol. The molecule has 1 amide bonds. The number of hydrogen-bond acceptors (Lipinski definition) is 5. The third-order valence-corrected chi connectivity index (χ3v) is 6.29. The Kier molecular flexibility index (Phi) is 5.41. The fourth-order valence-corrected chi connectivity index (χ4v) is 4.59. The highest BCUT2D eigenvalue weighted by Crippen LogP contribution is 2.36. The molecule has 9 heteroatoms. The second kappa shape index (κ2) is 8.14. The second-order valence-corrected chi connectivity index (χ2v) is 7.96. The number of nitrogens with two attached hydrogens (primary N) is 1. The number of aromatic amines is 1. The first-order chi connectivity index (χ1) is 14.1. The van der Waals surface area contributed by atoms with Crippen molar-refractivity contribution < 1.29 is 9.18 Å². The van der Waals surface area contributed by atoms with Crippen LogP contribution < -0.4 is 16.7 Å². The van der Waals surface area contributed by atoms with Crippen LogP contribution in [-0.2, 0) is 6.42 Å². The van der Waals surface area contributed by atoms with Gasteiger partial charge < -0.3 is 11.1 Å². The van der Waals surface area contributed by atoms with Gasteiger partial charge >= 0.3 is 5.69 Å². The summed E-state index contributed by atoms with van der Waals surface area (Å²) in [6.07, 6.45) is 2.98. The molecule has 3 aromatic rings. The average molecular weight is 413 g/mol. The molecule has 150 valence electrons. The highest BCUT2D eigenvalue weighted by Gasteiger charge is 2.21. The Morgan fingerprint density at radius 1 is 1.34 bits per heavy atom. The van der Waals surface area contributed by atoms with Gasteiger partial charge in [-0.05, 0) is 47.7 Å². The zero-order valence-electron chi connectivity index (χ0n) is 15.5. The predicted molar refractivity (Wildman–Crippen MR) is 110 cm³/mol. The molecule has 0 aliphatic carbocycles. The number of carbonyl (C=O) groups excluding carboxylic acids is 1. The quantitative estimate of drug-likeness (QED) is 0.577. The average Bonchev–Trinajstić information content (AvgIpc) is 3.39. The number of aromatic nitrogens is 3. The van der Waals surface area contributed by atoms with Crippen LogP contribution in [0.3, 0.4) is 0 Å². The summed E-state index contributed by atoms with van der Waals surface area (Å²) in [5, 5.41) is 9.03. The number of rotatable bonds is 6. The molecule has 1 aromatic carbocycles. The maximum Gasteiger partial charge on any atom is 0.343 e. The lowest BCUT2D eigenvalue weighted by Crippen LogP contribution is -2.31. The maximum atomic E-state index is 13.2. The van der Waals surface area contributed by atoms with Gasteiger partial charge in [0, 0.05) is 28.4 Å². The van der Waals surface area contributed by atoms with Gasteiger partial charge in [-0.1, -0.05) is 12.1 Å². The van der Waals surface area contributed by atoms with E-state index >= 15 is 0 Å². The summed E-state index contributed by atoms with van der Waals surface area (Å²) in [5.74, 6) is -0.0617. The van der Waals surface area contributed by atoms with Crippen molar-refractivity contribution in [3.05, 3.63) is 75.1 Å². The Hall–Kier alpha value is -3.04. The molecule has 7 nitrogen and oxygen atoms in total. The summed E-state index contributed by atoms with van der Waals surface area (Å²) in [6.45, 7) is 0.721. The fourth-order valence-electron chi connectivity index (χ4n) is 3.49. The zero-order chi connectivity index (χ0) is 20.4. The molecule has 0 fully saturated rings. The van der Waals surface area contributed by atoms with Crippen molar-refractivity contribution in [1.29, 1.82) is 0 Å². The van der Waals surface area contributed by atoms with Crippen molar-refractivity contribution in [2.75, 3.05) is 13.1 Å². The van der Waals surface area contributed by atoms with Gasteiger partial charge in [-0.2, -0.15) is 5.10 Å². The molecule has 1 aliphatic rings. The number of nitrogens with zero attached hydrogens (tertiary/aromatic N) is 2. The topological polar surface area (TPSA) is 106 Å². The SMILES string of the molecule is NC/C(=C/F)CC(c1ccc(-c2ccc3c(c2)C(=O)NCC3)s1)n1cn[nH]c1=O. The van der Waals surface area contributed by atoms with E-state index in [0.717, 1.165) is 27.3 Å². The zero-order valence-corrected chi connectivity index (χ0v) is 16.3. The van der Waals surface area contributed by atoms with E-state index in [9.17, 15) is 14.0 Å². The molecule has 29 heavy (non-hydrogen) atoms. The fraction of sp³-hybridized carbons (Fsp3) is 0.250. The molecule has 1 unspecified atom stereocenters. The van der Waals surface area contributed by atoms with Crippen molar-refractivity contribution in [2.24, 2.45) is 5.73 Å². The van der Waals surface area contributed by atoms with Crippen molar-refractivity contribution in [3.63, 3.8) is 0 Å². The Balaban J connectivity index is 1.70. The first-order valence-electron chi connectivity index (χ1n) is 9.21. The molecule has 3 heterocycles. The number of benzene rings is 1. The molecule has 2 aromatic heterocycles. The van der Waals surface area contributed by atoms with Crippen molar-refractivity contribution in [2.45, 2.75) is 18.9 Å². The summed E-state index contributed by atoms with van der Waals surface area (Å²) in [7, 11) is 0. The Morgan fingerprint density at radius 3 is 2.93 bits per heavy atom. The normalized spacial score (nSPS) is 15.1. The standard InChI is InChI=1S/C20H20FN5O2S/c21-9-12(10-22)7-16(26-11-24-25-20(26)28)18-4-3-17(29-18)14-2-1-13-5-6-23-19(27)15(13)8-14/h1-4,8-9,11,16H,5-7,10,22H2,(H,23,27)(H,25,28)/b12-9+. The molecule has 0 saturated carbocycles. The summed E-state index contributed by atoms with van der Waals surface area (Å²) < 4.78 is 14.6. The molecule has 1 atom stereocenters. The number of hydrogen-bond donors (Lipinski definition) is 3. The highest BCUT2D eigenvalue weighted by molar-refractivity contribution is 7.15. The molecular formula is C20H20FN5O2S. The molecular weight excluding hydrogens is 393 g/mol. The van der Waals surface area contributed by atoms with E-state index in [1.165, 1.54) is 22.2 Å². The first-order valence-corrected chi connectivity index (χ1v) is 10.0. The van der Waals surface area contributed by atoms with Crippen LogP contribution in [0.5, 0.6) is 0 Å². The Labute approximate surface area is 170 Å². The second-order valence-electron chi connectivity index (χ2n) is 6.84. The van der Waals surface area contributed by atoms with Gasteiger partial charge in [-0.25, -0.2) is 14.3 Å². The van der Waals surface area contributed by atoms with Gasteiger partial charge in [0.2, 0.25) is 0 Å². The van der Waals surface area contributed by atoms with E-state index in [1.54, 1.807) is 0 Å². The third kappa shape index (κ3) is 3.79. The van der Waals surface area contributed by atoms with Gasteiger partial charge in [0.1, 0.15) is 6.33 Å². The lowest BCUT2D eigenvalue weighted by Gasteiger charge is -2.17. The van der Waals surface area contributed by atoms with Gasteiger partial charge in [0.15, 0.2) is 0 Å². The number of H-pyrrole nitrogens is 1. The smallest absolute Gasteiger partial charge is 0.343 e. The molecule has 0 saturated heterocycles. The van der Waals surface area contributed by atoms with E-state index < -0.39 is 6.04 Å². The van der Waals surface area contributed by atoms with Crippen LogP contribution in [0, 0.1) is 0 Å². The summed E-state index contributed by atoms with van der Waals surface area (Å²) >= 11 is 1.49. The minimum absolute atomic E-state index is 0.0617. The molecule has 4 rings (SSSR count). The van der Waals surface area contributed by atoms with Gasteiger partial charge in [0.25, 0.3) is 5.91 Å². The van der Waals surface area contributed by atoms with E-state index in [2.05, 4.69) is 15.5 Å². The van der Waals surface area contributed by atoms with Crippen molar-refractivity contribution >= 4 is 17.2 Å². The molecule has 0 radical (unpaired) electrons. The number of amides is 1. The minimum atomic E-state index is -0.425. The maximum absolute atomic E-state index is 13.2. The highest BCUT2D eigenvalue weighted by atomic mass is 32.1. The largest absolute Gasteiger partial charge is 0.352 e. The van der Waals surface area contributed by atoms with E-state index in [0.29, 0.717) is 24.0 Å². The number of halogens is 1. The molecule has 0 spiro atoms. The third-order valence-electron chi connectivity index (χ3n) is 5.06. The number of fused-ring (bicyclic) bond motifs is 1. The Bertz CT molecular complexity index is 1130. The number of thiophene rings is 1. The number of nitrogens with one attached hydrogen (secondary N) is 2. The Morgan fingerprint density at radius 2 is 2.21 bits per heavy atom. The van der Waals surface area contributed by atoms with Gasteiger partial charge in [0.05, 0.1) is 12.4 Å². The van der Waals surface area contributed by atoms with Crippen LogP contribution in [0.15, 0.2) is 53.4 Å². The van der Waals surface area contributed by atoms with Gasteiger partial charge in [-0.15, -0.1) is 11.3 Å². The van der Waals surface area contributed by atoms with Crippen LogP contribution in [0.1, 0.15) is 33.3 Å². The molecule has 1 aliphatic heterocycles.